The van der Waals surface area contributed by atoms with Gasteiger partial charge in [0.05, 0.1) is 42.7 Å². The van der Waals surface area contributed by atoms with E-state index in [1.54, 1.807) is 31.8 Å². The maximum atomic E-state index is 13.9. The molecule has 1 aromatic heterocycles. The molecule has 192 valence electrons. The van der Waals surface area contributed by atoms with Crippen molar-refractivity contribution in [3.8, 4) is 11.5 Å². The number of ether oxygens (including phenoxy) is 3. The maximum absolute atomic E-state index is 13.9. The Bertz CT molecular complexity index is 1690. The van der Waals surface area contributed by atoms with E-state index < -0.39 is 12.0 Å². The van der Waals surface area contributed by atoms with Gasteiger partial charge in [-0.05, 0) is 36.8 Å². The quantitative estimate of drug-likeness (QED) is 0.341. The molecule has 38 heavy (non-hydrogen) atoms. The fourth-order valence-corrected chi connectivity index (χ4v) is 5.46. The molecule has 5 rings (SSSR count). The topological polar surface area (TPSA) is 79.1 Å². The number of rotatable bonds is 7. The summed E-state index contributed by atoms with van der Waals surface area (Å²) in [6, 6.07) is 23.5. The summed E-state index contributed by atoms with van der Waals surface area (Å²) in [6.45, 7) is 1.95. The Morgan fingerprint density at radius 1 is 0.974 bits per heavy atom. The Hall–Kier alpha value is -4.43. The van der Waals surface area contributed by atoms with Crippen molar-refractivity contribution in [3.63, 3.8) is 0 Å². The van der Waals surface area contributed by atoms with Crippen molar-refractivity contribution in [1.29, 1.82) is 0 Å². The Morgan fingerprint density at radius 2 is 1.68 bits per heavy atom. The van der Waals surface area contributed by atoms with E-state index in [0.717, 1.165) is 16.7 Å². The molecule has 0 radical (unpaired) electrons. The van der Waals surface area contributed by atoms with Gasteiger partial charge in [-0.1, -0.05) is 72.0 Å². The van der Waals surface area contributed by atoms with Crippen LogP contribution in [-0.2, 0) is 9.53 Å². The number of methoxy groups -OCH3 is 2. The average molecular weight is 527 g/mol. The average Bonchev–Trinajstić information content (AvgIpc) is 3.27. The summed E-state index contributed by atoms with van der Waals surface area (Å²) >= 11 is 1.27. The predicted molar refractivity (Wildman–Crippen MR) is 147 cm³/mol. The van der Waals surface area contributed by atoms with E-state index in [9.17, 15) is 9.59 Å². The number of thiazole rings is 1. The van der Waals surface area contributed by atoms with Crippen molar-refractivity contribution in [1.82, 2.24) is 4.57 Å². The van der Waals surface area contributed by atoms with Crippen molar-refractivity contribution in [2.75, 3.05) is 20.8 Å². The highest BCUT2D eigenvalue weighted by molar-refractivity contribution is 7.07. The molecule has 0 fully saturated rings. The standard InChI is InChI=1S/C30H26N2O5S/c1-4-37-29(34)25-26(19-10-6-5-7-11-19)31-30-32(27(25)20-14-16-22(35-2)17-15-20)28(33)24(38-30)18-21-12-8-9-13-23(21)36-3/h5-18,27H,4H2,1-3H3/b24-18+/t27-/m1/s1. The summed E-state index contributed by atoms with van der Waals surface area (Å²) in [5, 5.41) is 0. The molecule has 0 aliphatic carbocycles. The first-order chi connectivity index (χ1) is 18.5. The van der Waals surface area contributed by atoms with Gasteiger partial charge >= 0.3 is 5.97 Å². The zero-order chi connectivity index (χ0) is 26.6. The monoisotopic (exact) mass is 526 g/mol. The molecule has 3 aromatic carbocycles. The van der Waals surface area contributed by atoms with E-state index in [4.69, 9.17) is 19.2 Å². The molecule has 0 spiro atoms. The second-order valence-electron chi connectivity index (χ2n) is 8.45. The van der Waals surface area contributed by atoms with Crippen LogP contribution in [0.4, 0.5) is 0 Å². The van der Waals surface area contributed by atoms with Crippen molar-refractivity contribution < 1.29 is 19.0 Å². The number of esters is 1. The zero-order valence-corrected chi connectivity index (χ0v) is 22.0. The van der Waals surface area contributed by atoms with Gasteiger partial charge in [0.1, 0.15) is 11.5 Å². The second-order valence-corrected chi connectivity index (χ2v) is 9.46. The third-order valence-corrected chi connectivity index (χ3v) is 7.21. The number of nitrogens with zero attached hydrogens (tertiary/aromatic N) is 2. The summed E-state index contributed by atoms with van der Waals surface area (Å²) in [7, 11) is 3.18. The lowest BCUT2D eigenvalue weighted by atomic mass is 9.93. The van der Waals surface area contributed by atoms with Crippen molar-refractivity contribution in [3.05, 3.63) is 121 Å². The first-order valence-electron chi connectivity index (χ1n) is 12.1. The summed E-state index contributed by atoms with van der Waals surface area (Å²) in [6.07, 6.45) is 1.80. The van der Waals surface area contributed by atoms with E-state index in [1.165, 1.54) is 11.3 Å². The van der Waals surface area contributed by atoms with Crippen LogP contribution in [-0.4, -0.2) is 31.4 Å². The van der Waals surface area contributed by atoms with E-state index in [-0.39, 0.29) is 12.2 Å². The van der Waals surface area contributed by atoms with Crippen molar-refractivity contribution >= 4 is 29.1 Å². The summed E-state index contributed by atoms with van der Waals surface area (Å²) in [5.74, 6) is 0.805. The number of carbonyl (C=O) groups is 1. The van der Waals surface area contributed by atoms with Gasteiger partial charge in [0.25, 0.3) is 5.56 Å². The van der Waals surface area contributed by atoms with Gasteiger partial charge in [0, 0.05) is 11.1 Å². The predicted octanol–water partition coefficient (Wildman–Crippen LogP) is 3.95. The first kappa shape index (κ1) is 25.2. The molecule has 2 heterocycles. The SMILES string of the molecule is CCOC(=O)C1=C(c2ccccc2)N=c2s/c(=C/c3ccccc3OC)c(=O)n2[C@@H]1c1ccc(OC)cc1. The zero-order valence-electron chi connectivity index (χ0n) is 21.2. The highest BCUT2D eigenvalue weighted by Crippen LogP contribution is 2.35. The second kappa shape index (κ2) is 10.9. The molecular weight excluding hydrogens is 500 g/mol. The number of benzene rings is 3. The summed E-state index contributed by atoms with van der Waals surface area (Å²) in [4.78, 5) is 32.8. The summed E-state index contributed by atoms with van der Waals surface area (Å²) < 4.78 is 18.4. The van der Waals surface area contributed by atoms with Crippen LogP contribution in [0.3, 0.4) is 0 Å². The molecule has 0 bridgehead atoms. The molecule has 1 aliphatic rings. The fraction of sp³-hybridized carbons (Fsp3) is 0.167. The molecule has 7 nitrogen and oxygen atoms in total. The molecule has 0 amide bonds. The van der Waals surface area contributed by atoms with E-state index in [2.05, 4.69) is 0 Å². The number of carbonyl (C=O) groups excluding carboxylic acids is 1. The smallest absolute Gasteiger partial charge is 0.338 e. The Labute approximate surface area is 223 Å². The lowest BCUT2D eigenvalue weighted by Crippen LogP contribution is -2.40. The Morgan fingerprint density at radius 3 is 2.37 bits per heavy atom. The van der Waals surface area contributed by atoms with Crippen LogP contribution < -0.4 is 24.4 Å². The van der Waals surface area contributed by atoms with E-state index in [1.807, 2.05) is 78.9 Å². The number of para-hydroxylation sites is 1. The van der Waals surface area contributed by atoms with Crippen LogP contribution in [0.1, 0.15) is 29.7 Å². The molecule has 1 aliphatic heterocycles. The minimum atomic E-state index is -0.744. The van der Waals surface area contributed by atoms with Crippen molar-refractivity contribution in [2.24, 2.45) is 4.99 Å². The van der Waals surface area contributed by atoms with Gasteiger partial charge in [-0.25, -0.2) is 9.79 Å². The van der Waals surface area contributed by atoms with Crippen LogP contribution in [0.25, 0.3) is 11.8 Å². The molecule has 0 saturated heterocycles. The van der Waals surface area contributed by atoms with E-state index in [0.29, 0.717) is 32.1 Å². The third-order valence-electron chi connectivity index (χ3n) is 6.23. The lowest BCUT2D eigenvalue weighted by molar-refractivity contribution is -0.138. The molecule has 0 saturated carbocycles. The van der Waals surface area contributed by atoms with Crippen molar-refractivity contribution in [2.45, 2.75) is 13.0 Å². The Balaban J connectivity index is 1.83. The van der Waals surface area contributed by atoms with Gasteiger partial charge in [0.15, 0.2) is 4.80 Å². The maximum Gasteiger partial charge on any atom is 0.338 e. The lowest BCUT2D eigenvalue weighted by Gasteiger charge is -2.26. The molecule has 0 unspecified atom stereocenters. The van der Waals surface area contributed by atoms with Crippen LogP contribution in [0, 0.1) is 0 Å². The van der Waals surface area contributed by atoms with Crippen LogP contribution in [0.5, 0.6) is 11.5 Å². The third kappa shape index (κ3) is 4.66. The number of aromatic nitrogens is 1. The van der Waals surface area contributed by atoms with Crippen LogP contribution in [0.2, 0.25) is 0 Å². The Kier molecular flexibility index (Phi) is 7.24. The summed E-state index contributed by atoms with van der Waals surface area (Å²) in [5.41, 5.74) is 2.80. The minimum Gasteiger partial charge on any atom is -0.497 e. The van der Waals surface area contributed by atoms with Gasteiger partial charge in [-0.15, -0.1) is 0 Å². The highest BCUT2D eigenvalue weighted by Gasteiger charge is 2.35. The minimum absolute atomic E-state index is 0.192. The van der Waals surface area contributed by atoms with Gasteiger partial charge in [0.2, 0.25) is 0 Å². The molecule has 1 atom stereocenters. The highest BCUT2D eigenvalue weighted by atomic mass is 32.1. The van der Waals surface area contributed by atoms with Gasteiger partial charge < -0.3 is 14.2 Å². The number of fused-ring (bicyclic) bond motifs is 1. The van der Waals surface area contributed by atoms with Crippen LogP contribution in [0.15, 0.2) is 94.2 Å². The molecule has 0 N–H and O–H groups in total. The molecule has 4 aromatic rings. The van der Waals surface area contributed by atoms with Gasteiger partial charge in [-0.3, -0.25) is 9.36 Å². The fourth-order valence-electron chi connectivity index (χ4n) is 4.47. The first-order valence-corrected chi connectivity index (χ1v) is 12.9. The number of hydrogen-bond acceptors (Lipinski definition) is 7. The normalized spacial score (nSPS) is 15.0. The largest absolute Gasteiger partial charge is 0.497 e. The van der Waals surface area contributed by atoms with Crippen LogP contribution >= 0.6 is 11.3 Å². The molecule has 8 heteroatoms. The molecular formula is C30H26N2O5S. The van der Waals surface area contributed by atoms with Gasteiger partial charge in [-0.2, -0.15) is 0 Å². The van der Waals surface area contributed by atoms with E-state index >= 15 is 0 Å². The number of hydrogen-bond donors (Lipinski definition) is 0.